The van der Waals surface area contributed by atoms with Gasteiger partial charge >= 0.3 is 0 Å². The summed E-state index contributed by atoms with van der Waals surface area (Å²) in [7, 11) is -2.86. The molecule has 0 aliphatic carbocycles. The molecule has 1 aliphatic rings. The number of aliphatic hydroxyl groups is 1. The first kappa shape index (κ1) is 28.2. The Bertz CT molecular complexity index is 1270. The van der Waals surface area contributed by atoms with Crippen LogP contribution in [0, 0.1) is 18.6 Å². The van der Waals surface area contributed by atoms with E-state index in [-0.39, 0.29) is 36.5 Å². The molecule has 5 N–H and O–H groups in total. The van der Waals surface area contributed by atoms with Gasteiger partial charge in [0, 0.05) is 18.7 Å². The molecule has 8 nitrogen and oxygen atoms in total. The van der Waals surface area contributed by atoms with Crippen LogP contribution in [-0.4, -0.2) is 49.7 Å². The normalized spacial score (nSPS) is 18.9. The molecule has 4 rings (SSSR count). The summed E-state index contributed by atoms with van der Waals surface area (Å²) in [5.74, 6) is -1.35. The fraction of sp³-hybridized carbons (Fsp3) is 0.407. The van der Waals surface area contributed by atoms with Gasteiger partial charge in [-0.1, -0.05) is 30.3 Å². The van der Waals surface area contributed by atoms with Crippen molar-refractivity contribution in [2.75, 3.05) is 12.3 Å². The topological polar surface area (TPSA) is 128 Å². The number of amides is 1. The molecular formula is C27H33F2N3O5S. The van der Waals surface area contributed by atoms with E-state index in [2.05, 4.69) is 15.8 Å². The van der Waals surface area contributed by atoms with Gasteiger partial charge in [0.1, 0.15) is 17.4 Å². The van der Waals surface area contributed by atoms with Crippen LogP contribution in [0.4, 0.5) is 8.78 Å². The summed E-state index contributed by atoms with van der Waals surface area (Å²) in [5, 5.41) is 20.8. The highest BCUT2D eigenvalue weighted by atomic mass is 32.3. The van der Waals surface area contributed by atoms with Crippen molar-refractivity contribution in [3.05, 3.63) is 87.8 Å². The van der Waals surface area contributed by atoms with Gasteiger partial charge in [-0.15, -0.1) is 0 Å². The van der Waals surface area contributed by atoms with Gasteiger partial charge < -0.3 is 20.3 Å². The Morgan fingerprint density at radius 1 is 1.16 bits per heavy atom. The molecule has 0 saturated heterocycles. The van der Waals surface area contributed by atoms with E-state index in [0.717, 1.165) is 41.3 Å². The van der Waals surface area contributed by atoms with Crippen LogP contribution in [0.15, 0.2) is 47.0 Å². The molecule has 3 aromatic rings. The Morgan fingerprint density at radius 2 is 1.89 bits per heavy atom. The zero-order valence-electron chi connectivity index (χ0n) is 21.3. The number of aliphatic hydroxyl groups excluding tert-OH is 1. The number of benzene rings is 2. The third-order valence-corrected chi connectivity index (χ3v) is 8.23. The fourth-order valence-corrected chi connectivity index (χ4v) is 6.45. The van der Waals surface area contributed by atoms with Gasteiger partial charge in [-0.05, 0) is 54.2 Å². The van der Waals surface area contributed by atoms with Gasteiger partial charge in [-0.3, -0.25) is 13.9 Å². The second-order valence-electron chi connectivity index (χ2n) is 9.80. The first-order valence-electron chi connectivity index (χ1n) is 12.4. The lowest BCUT2D eigenvalue weighted by Crippen LogP contribution is -2.50. The first-order chi connectivity index (χ1) is 18.0. The molecule has 2 aromatic carbocycles. The lowest BCUT2D eigenvalue weighted by atomic mass is 9.97. The number of halogens is 2. The van der Waals surface area contributed by atoms with Crippen LogP contribution in [0.1, 0.15) is 46.7 Å². The molecule has 11 heteroatoms. The van der Waals surface area contributed by atoms with E-state index < -0.39 is 46.3 Å². The standard InChI is InChI=1S/C27H33F2N3O5S/c1-3-17-4-5-19-14-38(35,36)15-25(23(19)9-17)30-13-26(33)24(10-18-7-20(28)11-21(29)8-18)31-27(34)12-22-6-16(2)32-37-22/h4-9,11,24-26,30,33,35-36H,3,10,12-15H2,1-2H3,(H,31,34)/t24-,25-,26-/m0/s1. The Kier molecular flexibility index (Phi) is 8.84. The van der Waals surface area contributed by atoms with Crippen LogP contribution in [0.5, 0.6) is 0 Å². The molecule has 0 fully saturated rings. The highest BCUT2D eigenvalue weighted by molar-refractivity contribution is 8.23. The molecule has 0 bridgehead atoms. The Labute approximate surface area is 221 Å². The summed E-state index contributed by atoms with van der Waals surface area (Å²) in [6.45, 7) is 3.75. The predicted octanol–water partition coefficient (Wildman–Crippen LogP) is 4.05. The molecule has 0 radical (unpaired) electrons. The third kappa shape index (κ3) is 7.39. The van der Waals surface area contributed by atoms with Crippen molar-refractivity contribution in [3.8, 4) is 0 Å². The number of aryl methyl sites for hydroxylation is 2. The molecule has 0 saturated carbocycles. The van der Waals surface area contributed by atoms with E-state index in [1.165, 1.54) is 0 Å². The molecule has 1 aliphatic heterocycles. The van der Waals surface area contributed by atoms with E-state index in [9.17, 15) is 27.8 Å². The maximum Gasteiger partial charge on any atom is 0.228 e. The van der Waals surface area contributed by atoms with Crippen LogP contribution in [0.25, 0.3) is 0 Å². The zero-order chi connectivity index (χ0) is 27.4. The molecule has 2 heterocycles. The molecule has 0 unspecified atom stereocenters. The fourth-order valence-electron chi connectivity index (χ4n) is 4.74. The molecular weight excluding hydrogens is 516 g/mol. The first-order valence-corrected chi connectivity index (χ1v) is 14.3. The number of hydrogen-bond acceptors (Lipinski definition) is 7. The van der Waals surface area contributed by atoms with E-state index in [0.29, 0.717) is 11.5 Å². The van der Waals surface area contributed by atoms with Crippen molar-refractivity contribution in [1.29, 1.82) is 0 Å². The highest BCUT2D eigenvalue weighted by Crippen LogP contribution is 2.50. The number of carbonyl (C=O) groups is 1. The van der Waals surface area contributed by atoms with Gasteiger partial charge in [0.05, 0.1) is 41.8 Å². The predicted molar refractivity (Wildman–Crippen MR) is 141 cm³/mol. The van der Waals surface area contributed by atoms with Crippen molar-refractivity contribution in [3.63, 3.8) is 0 Å². The molecule has 38 heavy (non-hydrogen) atoms. The number of fused-ring (bicyclic) bond motifs is 1. The van der Waals surface area contributed by atoms with Gasteiger partial charge in [0.2, 0.25) is 5.91 Å². The molecule has 3 atom stereocenters. The van der Waals surface area contributed by atoms with E-state index in [1.807, 2.05) is 25.1 Å². The second-order valence-corrected chi connectivity index (χ2v) is 12.0. The largest absolute Gasteiger partial charge is 0.390 e. The summed E-state index contributed by atoms with van der Waals surface area (Å²) in [6.07, 6.45) is -0.494. The minimum atomic E-state index is -2.86. The molecule has 1 amide bonds. The van der Waals surface area contributed by atoms with E-state index >= 15 is 0 Å². The quantitative estimate of drug-likeness (QED) is 0.258. The molecule has 0 spiro atoms. The van der Waals surface area contributed by atoms with Crippen molar-refractivity contribution in [2.45, 2.75) is 57.1 Å². The van der Waals surface area contributed by atoms with Crippen LogP contribution < -0.4 is 10.6 Å². The molecule has 1 aromatic heterocycles. The van der Waals surface area contributed by atoms with Gasteiger partial charge in [0.25, 0.3) is 0 Å². The number of aromatic nitrogens is 1. The highest BCUT2D eigenvalue weighted by Gasteiger charge is 2.31. The Hall–Kier alpha value is -2.83. The van der Waals surface area contributed by atoms with Gasteiger partial charge in [-0.2, -0.15) is 10.6 Å². The van der Waals surface area contributed by atoms with Crippen molar-refractivity contribution >= 4 is 16.5 Å². The van der Waals surface area contributed by atoms with Crippen molar-refractivity contribution in [1.82, 2.24) is 15.8 Å². The maximum atomic E-state index is 13.8. The summed E-state index contributed by atoms with van der Waals surface area (Å²) >= 11 is 0. The van der Waals surface area contributed by atoms with Gasteiger partial charge in [-0.25, -0.2) is 8.78 Å². The van der Waals surface area contributed by atoms with Crippen LogP contribution >= 0.6 is 10.6 Å². The molecule has 206 valence electrons. The van der Waals surface area contributed by atoms with Crippen molar-refractivity contribution < 1.29 is 32.3 Å². The summed E-state index contributed by atoms with van der Waals surface area (Å²) in [4.78, 5) is 12.7. The van der Waals surface area contributed by atoms with Crippen LogP contribution in [0.2, 0.25) is 0 Å². The monoisotopic (exact) mass is 549 g/mol. The van der Waals surface area contributed by atoms with Crippen LogP contribution in [-0.2, 0) is 29.8 Å². The van der Waals surface area contributed by atoms with Crippen molar-refractivity contribution in [2.24, 2.45) is 0 Å². The number of nitrogens with one attached hydrogen (secondary N) is 2. The van der Waals surface area contributed by atoms with E-state index in [4.69, 9.17) is 4.52 Å². The Balaban J connectivity index is 1.50. The van der Waals surface area contributed by atoms with Crippen LogP contribution in [0.3, 0.4) is 0 Å². The smallest absolute Gasteiger partial charge is 0.228 e. The second kappa shape index (κ2) is 11.9. The average molecular weight is 550 g/mol. The number of hydrogen-bond donors (Lipinski definition) is 5. The SMILES string of the molecule is CCc1ccc2c(c1)[C@@H](NC[C@H](O)[C@H](Cc1cc(F)cc(F)c1)NC(=O)Cc1cc(C)no1)CS(O)(O)C2. The number of carbonyl (C=O) groups excluding carboxylic acids is 1. The van der Waals surface area contributed by atoms with Gasteiger partial charge in [0.15, 0.2) is 0 Å². The summed E-state index contributed by atoms with van der Waals surface area (Å²) in [6, 6.07) is 9.26. The minimum absolute atomic E-state index is 0.0138. The lowest BCUT2D eigenvalue weighted by Gasteiger charge is -2.42. The zero-order valence-corrected chi connectivity index (χ0v) is 22.1. The number of nitrogens with zero attached hydrogens (tertiary/aromatic N) is 1. The Morgan fingerprint density at radius 3 is 2.55 bits per heavy atom. The third-order valence-electron chi connectivity index (χ3n) is 6.59. The lowest BCUT2D eigenvalue weighted by molar-refractivity contribution is -0.122. The van der Waals surface area contributed by atoms with E-state index in [1.54, 1.807) is 13.0 Å². The number of rotatable bonds is 10. The summed E-state index contributed by atoms with van der Waals surface area (Å²) < 4.78 is 53.7. The maximum absolute atomic E-state index is 13.8. The average Bonchev–Trinajstić information content (AvgIpc) is 3.24. The minimum Gasteiger partial charge on any atom is -0.390 e. The summed E-state index contributed by atoms with van der Waals surface area (Å²) in [5.41, 5.74) is 3.77.